The van der Waals surface area contributed by atoms with Gasteiger partial charge < -0.3 is 0 Å². The molecule has 1 aromatic carbocycles. The summed E-state index contributed by atoms with van der Waals surface area (Å²) in [6, 6.07) is 7.46. The molecule has 2 aromatic rings. The first-order valence-corrected chi connectivity index (χ1v) is 6.40. The van der Waals surface area contributed by atoms with E-state index in [-0.39, 0.29) is 0 Å². The van der Waals surface area contributed by atoms with Crippen LogP contribution < -0.4 is 0 Å². The van der Waals surface area contributed by atoms with Gasteiger partial charge in [-0.15, -0.1) is 0 Å². The minimum atomic E-state index is 0.690. The monoisotopic (exact) mass is 262 g/mol. The average molecular weight is 263 g/mol. The van der Waals surface area contributed by atoms with Gasteiger partial charge in [0, 0.05) is 5.02 Å². The summed E-state index contributed by atoms with van der Waals surface area (Å²) in [5, 5.41) is 5.20. The molecule has 0 amide bonds. The van der Waals surface area contributed by atoms with Crippen molar-refractivity contribution < 1.29 is 4.79 Å². The smallest absolute Gasteiger partial charge is 0.153 e. The van der Waals surface area contributed by atoms with E-state index in [4.69, 9.17) is 11.6 Å². The van der Waals surface area contributed by atoms with Crippen molar-refractivity contribution in [2.45, 2.75) is 26.7 Å². The summed E-state index contributed by atoms with van der Waals surface area (Å²) in [4.78, 5) is 11.2. The molecule has 0 saturated carbocycles. The fourth-order valence-corrected chi connectivity index (χ4v) is 2.17. The van der Waals surface area contributed by atoms with Crippen LogP contribution in [0, 0.1) is 0 Å². The number of hydrogen-bond donors (Lipinski definition) is 0. The molecule has 18 heavy (non-hydrogen) atoms. The first-order valence-electron chi connectivity index (χ1n) is 6.03. The Balaban J connectivity index is 2.59. The molecule has 0 atom stereocenters. The van der Waals surface area contributed by atoms with Crippen LogP contribution in [0.15, 0.2) is 24.3 Å². The van der Waals surface area contributed by atoms with Crippen LogP contribution in [-0.4, -0.2) is 16.1 Å². The second kappa shape index (κ2) is 5.36. The lowest BCUT2D eigenvalue weighted by Gasteiger charge is -2.06. The standard InChI is InChI=1S/C14H15ClN2O/c1-3-13-12(9-18)14(4-2)17(16-13)11-7-5-10(15)6-8-11/h5-9H,3-4H2,1-2H3. The van der Waals surface area contributed by atoms with Crippen molar-refractivity contribution >= 4 is 17.9 Å². The molecule has 1 heterocycles. The number of nitrogens with zero attached hydrogens (tertiary/aromatic N) is 2. The summed E-state index contributed by atoms with van der Waals surface area (Å²) in [5.74, 6) is 0. The zero-order valence-corrected chi connectivity index (χ0v) is 11.2. The molecule has 0 unspecified atom stereocenters. The third-order valence-electron chi connectivity index (χ3n) is 2.96. The Labute approximate surface area is 111 Å². The minimum absolute atomic E-state index is 0.690. The van der Waals surface area contributed by atoms with E-state index in [9.17, 15) is 4.79 Å². The molecule has 0 aliphatic rings. The number of benzene rings is 1. The fraction of sp³-hybridized carbons (Fsp3) is 0.286. The van der Waals surface area contributed by atoms with E-state index in [1.807, 2.05) is 42.8 Å². The van der Waals surface area contributed by atoms with Crippen molar-refractivity contribution in [3.63, 3.8) is 0 Å². The Kier molecular flexibility index (Phi) is 3.82. The molecular weight excluding hydrogens is 248 g/mol. The van der Waals surface area contributed by atoms with Crippen molar-refractivity contribution in [2.24, 2.45) is 0 Å². The van der Waals surface area contributed by atoms with Gasteiger partial charge in [0.05, 0.1) is 22.6 Å². The predicted octanol–water partition coefficient (Wildman–Crippen LogP) is 3.46. The van der Waals surface area contributed by atoms with Gasteiger partial charge in [-0.3, -0.25) is 4.79 Å². The zero-order chi connectivity index (χ0) is 13.1. The highest BCUT2D eigenvalue weighted by molar-refractivity contribution is 6.30. The molecule has 0 N–H and O–H groups in total. The Morgan fingerprint density at radius 1 is 1.22 bits per heavy atom. The Morgan fingerprint density at radius 2 is 1.89 bits per heavy atom. The molecule has 0 fully saturated rings. The van der Waals surface area contributed by atoms with E-state index in [0.717, 1.165) is 41.8 Å². The molecule has 0 spiro atoms. The summed E-state index contributed by atoms with van der Waals surface area (Å²) in [6.45, 7) is 4.02. The maximum atomic E-state index is 11.2. The van der Waals surface area contributed by atoms with Gasteiger partial charge in [-0.25, -0.2) is 4.68 Å². The van der Waals surface area contributed by atoms with Crippen LogP contribution in [0.5, 0.6) is 0 Å². The molecule has 0 radical (unpaired) electrons. The van der Waals surface area contributed by atoms with Crippen LogP contribution in [0.25, 0.3) is 5.69 Å². The third-order valence-corrected chi connectivity index (χ3v) is 3.21. The van der Waals surface area contributed by atoms with Gasteiger partial charge in [0.25, 0.3) is 0 Å². The van der Waals surface area contributed by atoms with Crippen molar-refractivity contribution in [2.75, 3.05) is 0 Å². The average Bonchev–Trinajstić information content (AvgIpc) is 2.77. The Hall–Kier alpha value is -1.61. The molecule has 94 valence electrons. The molecule has 2 rings (SSSR count). The van der Waals surface area contributed by atoms with E-state index in [0.29, 0.717) is 5.02 Å². The molecular formula is C14H15ClN2O. The zero-order valence-electron chi connectivity index (χ0n) is 10.5. The molecule has 0 saturated heterocycles. The van der Waals surface area contributed by atoms with Gasteiger partial charge in [0.1, 0.15) is 0 Å². The van der Waals surface area contributed by atoms with Crippen LogP contribution in [0.1, 0.15) is 35.6 Å². The van der Waals surface area contributed by atoms with Gasteiger partial charge in [0.15, 0.2) is 6.29 Å². The summed E-state index contributed by atoms with van der Waals surface area (Å²) in [7, 11) is 0. The van der Waals surface area contributed by atoms with Gasteiger partial charge in [-0.2, -0.15) is 5.10 Å². The normalized spacial score (nSPS) is 10.6. The topological polar surface area (TPSA) is 34.9 Å². The highest BCUT2D eigenvalue weighted by Gasteiger charge is 2.15. The molecule has 1 aromatic heterocycles. The minimum Gasteiger partial charge on any atom is -0.298 e. The van der Waals surface area contributed by atoms with Crippen LogP contribution in [-0.2, 0) is 12.8 Å². The second-order valence-corrected chi connectivity index (χ2v) is 4.46. The lowest BCUT2D eigenvalue weighted by molar-refractivity contribution is 0.112. The predicted molar refractivity (Wildman–Crippen MR) is 72.7 cm³/mol. The largest absolute Gasteiger partial charge is 0.298 e. The van der Waals surface area contributed by atoms with E-state index in [2.05, 4.69) is 5.10 Å². The van der Waals surface area contributed by atoms with Gasteiger partial charge in [-0.1, -0.05) is 25.4 Å². The quantitative estimate of drug-likeness (QED) is 0.791. The number of hydrogen-bond acceptors (Lipinski definition) is 2. The lowest BCUT2D eigenvalue weighted by Crippen LogP contribution is -2.02. The Morgan fingerprint density at radius 3 is 2.39 bits per heavy atom. The lowest BCUT2D eigenvalue weighted by atomic mass is 10.1. The van der Waals surface area contributed by atoms with Crippen LogP contribution in [0.3, 0.4) is 0 Å². The third kappa shape index (κ3) is 2.18. The second-order valence-electron chi connectivity index (χ2n) is 4.02. The van der Waals surface area contributed by atoms with Crippen molar-refractivity contribution in [3.8, 4) is 5.69 Å². The maximum absolute atomic E-state index is 11.2. The van der Waals surface area contributed by atoms with E-state index >= 15 is 0 Å². The molecule has 0 aliphatic carbocycles. The Bertz CT molecular complexity index is 558. The molecule has 4 heteroatoms. The first kappa shape index (κ1) is 12.8. The highest BCUT2D eigenvalue weighted by Crippen LogP contribution is 2.20. The van der Waals surface area contributed by atoms with Crippen LogP contribution in [0.4, 0.5) is 0 Å². The van der Waals surface area contributed by atoms with E-state index < -0.39 is 0 Å². The molecule has 0 aliphatic heterocycles. The van der Waals surface area contributed by atoms with E-state index in [1.54, 1.807) is 0 Å². The van der Waals surface area contributed by atoms with Crippen molar-refractivity contribution in [1.82, 2.24) is 9.78 Å². The van der Waals surface area contributed by atoms with Crippen LogP contribution >= 0.6 is 11.6 Å². The summed E-state index contributed by atoms with van der Waals surface area (Å²) < 4.78 is 1.83. The SMILES string of the molecule is CCc1nn(-c2ccc(Cl)cc2)c(CC)c1C=O. The highest BCUT2D eigenvalue weighted by atomic mass is 35.5. The van der Waals surface area contributed by atoms with E-state index in [1.165, 1.54) is 0 Å². The van der Waals surface area contributed by atoms with Crippen LogP contribution in [0.2, 0.25) is 5.02 Å². The maximum Gasteiger partial charge on any atom is 0.153 e. The summed E-state index contributed by atoms with van der Waals surface area (Å²) in [6.07, 6.45) is 2.42. The van der Waals surface area contributed by atoms with Crippen molar-refractivity contribution in [3.05, 3.63) is 46.2 Å². The number of aryl methyl sites for hydroxylation is 1. The number of halogens is 1. The molecule has 3 nitrogen and oxygen atoms in total. The van der Waals surface area contributed by atoms with Gasteiger partial charge in [-0.05, 0) is 37.1 Å². The molecule has 0 bridgehead atoms. The fourth-order valence-electron chi connectivity index (χ4n) is 2.05. The number of carbonyl (C=O) groups excluding carboxylic acids is 1. The number of rotatable bonds is 4. The number of carbonyl (C=O) groups is 1. The van der Waals surface area contributed by atoms with Gasteiger partial charge >= 0.3 is 0 Å². The summed E-state index contributed by atoms with van der Waals surface area (Å²) >= 11 is 5.88. The van der Waals surface area contributed by atoms with Crippen molar-refractivity contribution in [1.29, 1.82) is 0 Å². The number of aromatic nitrogens is 2. The first-order chi connectivity index (χ1) is 8.71. The number of aldehydes is 1. The van der Waals surface area contributed by atoms with Gasteiger partial charge in [0.2, 0.25) is 0 Å². The summed E-state index contributed by atoms with van der Waals surface area (Å²) in [5.41, 5.74) is 3.44.